The van der Waals surface area contributed by atoms with Crippen molar-refractivity contribution < 1.29 is 9.47 Å². The Balaban J connectivity index is 2.51. The van der Waals surface area contributed by atoms with Crippen LogP contribution in [0.2, 0.25) is 0 Å². The predicted octanol–water partition coefficient (Wildman–Crippen LogP) is 2.57. The van der Waals surface area contributed by atoms with Gasteiger partial charge in [0.25, 0.3) is 0 Å². The Labute approximate surface area is 104 Å². The molecule has 0 aliphatic carbocycles. The molecule has 0 amide bonds. The first-order valence-electron chi connectivity index (χ1n) is 6.07. The molecule has 0 heterocycles. The van der Waals surface area contributed by atoms with Crippen molar-refractivity contribution in [3.8, 4) is 0 Å². The first-order chi connectivity index (χ1) is 8.27. The van der Waals surface area contributed by atoms with E-state index < -0.39 is 0 Å². The molecule has 0 fully saturated rings. The van der Waals surface area contributed by atoms with Gasteiger partial charge in [0.15, 0.2) is 0 Å². The van der Waals surface area contributed by atoms with Gasteiger partial charge in [0, 0.05) is 26.5 Å². The van der Waals surface area contributed by atoms with Crippen molar-refractivity contribution >= 4 is 5.69 Å². The minimum atomic E-state index is 0.510. The van der Waals surface area contributed by atoms with Crippen molar-refractivity contribution in [3.63, 3.8) is 0 Å². The molecule has 1 aromatic carbocycles. The van der Waals surface area contributed by atoms with Crippen LogP contribution in [0.1, 0.15) is 12.5 Å². The molecule has 1 rings (SSSR count). The summed E-state index contributed by atoms with van der Waals surface area (Å²) in [5.41, 5.74) is 2.51. The zero-order valence-electron chi connectivity index (χ0n) is 11.0. The summed E-state index contributed by atoms with van der Waals surface area (Å²) < 4.78 is 10.2. The SMILES string of the molecule is COCCc1ccccc1NCC(C)COC. The molecule has 0 spiro atoms. The Morgan fingerprint density at radius 3 is 2.65 bits per heavy atom. The van der Waals surface area contributed by atoms with E-state index in [0.29, 0.717) is 5.92 Å². The lowest BCUT2D eigenvalue weighted by Gasteiger charge is -2.15. The van der Waals surface area contributed by atoms with Gasteiger partial charge in [-0.25, -0.2) is 0 Å². The Kier molecular flexibility index (Phi) is 6.67. The number of methoxy groups -OCH3 is 2. The molecular weight excluding hydrogens is 214 g/mol. The van der Waals surface area contributed by atoms with Gasteiger partial charge < -0.3 is 14.8 Å². The van der Waals surface area contributed by atoms with Crippen LogP contribution in [0.3, 0.4) is 0 Å². The van der Waals surface area contributed by atoms with E-state index in [1.807, 2.05) is 0 Å². The van der Waals surface area contributed by atoms with E-state index in [1.54, 1.807) is 14.2 Å². The number of ether oxygens (including phenoxy) is 2. The highest BCUT2D eigenvalue weighted by atomic mass is 16.5. The van der Waals surface area contributed by atoms with Crippen molar-refractivity contribution in [2.45, 2.75) is 13.3 Å². The van der Waals surface area contributed by atoms with Gasteiger partial charge in [-0.3, -0.25) is 0 Å². The average molecular weight is 237 g/mol. The fourth-order valence-electron chi connectivity index (χ4n) is 1.75. The lowest BCUT2D eigenvalue weighted by Crippen LogP contribution is -2.16. The van der Waals surface area contributed by atoms with Crippen molar-refractivity contribution in [1.29, 1.82) is 0 Å². The maximum Gasteiger partial charge on any atom is 0.0504 e. The highest BCUT2D eigenvalue weighted by molar-refractivity contribution is 5.51. The summed E-state index contributed by atoms with van der Waals surface area (Å²) in [5.74, 6) is 0.510. The molecule has 1 aromatic rings. The van der Waals surface area contributed by atoms with E-state index in [9.17, 15) is 0 Å². The van der Waals surface area contributed by atoms with Crippen molar-refractivity contribution in [2.24, 2.45) is 5.92 Å². The zero-order valence-corrected chi connectivity index (χ0v) is 11.0. The van der Waals surface area contributed by atoms with Gasteiger partial charge in [0.2, 0.25) is 0 Å². The molecule has 1 N–H and O–H groups in total. The van der Waals surface area contributed by atoms with Crippen LogP contribution in [0, 0.1) is 5.92 Å². The first-order valence-corrected chi connectivity index (χ1v) is 6.07. The number of rotatable bonds is 8. The Bertz CT molecular complexity index is 315. The van der Waals surface area contributed by atoms with Gasteiger partial charge in [0.05, 0.1) is 13.2 Å². The largest absolute Gasteiger partial charge is 0.384 e. The molecule has 3 nitrogen and oxygen atoms in total. The summed E-state index contributed by atoms with van der Waals surface area (Å²) in [6.07, 6.45) is 0.943. The van der Waals surface area contributed by atoms with E-state index in [0.717, 1.165) is 26.2 Å². The maximum absolute atomic E-state index is 5.13. The molecule has 3 heteroatoms. The van der Waals surface area contributed by atoms with Crippen molar-refractivity contribution in [2.75, 3.05) is 39.3 Å². The van der Waals surface area contributed by atoms with Gasteiger partial charge in [-0.2, -0.15) is 0 Å². The second-order valence-electron chi connectivity index (χ2n) is 4.34. The molecule has 0 saturated carbocycles. The zero-order chi connectivity index (χ0) is 12.5. The van der Waals surface area contributed by atoms with Crippen LogP contribution in [0.25, 0.3) is 0 Å². The van der Waals surface area contributed by atoms with Gasteiger partial charge in [-0.15, -0.1) is 0 Å². The molecule has 17 heavy (non-hydrogen) atoms. The predicted molar refractivity (Wildman–Crippen MR) is 71.6 cm³/mol. The smallest absolute Gasteiger partial charge is 0.0504 e. The van der Waals surface area contributed by atoms with E-state index in [4.69, 9.17) is 9.47 Å². The quantitative estimate of drug-likeness (QED) is 0.754. The second-order valence-corrected chi connectivity index (χ2v) is 4.34. The third-order valence-electron chi connectivity index (χ3n) is 2.69. The molecule has 0 aliphatic rings. The number of hydrogen-bond acceptors (Lipinski definition) is 3. The third-order valence-corrected chi connectivity index (χ3v) is 2.69. The molecule has 0 aliphatic heterocycles. The van der Waals surface area contributed by atoms with Gasteiger partial charge >= 0.3 is 0 Å². The monoisotopic (exact) mass is 237 g/mol. The third kappa shape index (κ3) is 5.20. The summed E-state index contributed by atoms with van der Waals surface area (Å²) in [7, 11) is 3.47. The van der Waals surface area contributed by atoms with Crippen LogP contribution in [-0.4, -0.2) is 34.0 Å². The van der Waals surface area contributed by atoms with Crippen LogP contribution in [0.15, 0.2) is 24.3 Å². The van der Waals surface area contributed by atoms with Crippen LogP contribution in [-0.2, 0) is 15.9 Å². The fourth-order valence-corrected chi connectivity index (χ4v) is 1.75. The van der Waals surface area contributed by atoms with Crippen LogP contribution < -0.4 is 5.32 Å². The molecule has 0 aromatic heterocycles. The van der Waals surface area contributed by atoms with Gasteiger partial charge in [-0.05, 0) is 24.0 Å². The number of para-hydroxylation sites is 1. The molecule has 1 unspecified atom stereocenters. The highest BCUT2D eigenvalue weighted by Gasteiger charge is 2.04. The Morgan fingerprint density at radius 2 is 1.94 bits per heavy atom. The minimum absolute atomic E-state index is 0.510. The van der Waals surface area contributed by atoms with Crippen molar-refractivity contribution in [1.82, 2.24) is 0 Å². The Morgan fingerprint density at radius 1 is 1.18 bits per heavy atom. The van der Waals surface area contributed by atoms with Crippen LogP contribution in [0.5, 0.6) is 0 Å². The Hall–Kier alpha value is -1.06. The molecule has 1 atom stereocenters. The number of anilines is 1. The van der Waals surface area contributed by atoms with Gasteiger partial charge in [0.1, 0.15) is 0 Å². The summed E-state index contributed by atoms with van der Waals surface area (Å²) in [5, 5.41) is 3.47. The summed E-state index contributed by atoms with van der Waals surface area (Å²) in [4.78, 5) is 0. The minimum Gasteiger partial charge on any atom is -0.384 e. The summed E-state index contributed by atoms with van der Waals surface area (Å²) >= 11 is 0. The normalized spacial score (nSPS) is 12.4. The van der Waals surface area contributed by atoms with E-state index in [2.05, 4.69) is 36.5 Å². The maximum atomic E-state index is 5.13. The standard InChI is InChI=1S/C14H23NO2/c1-12(11-17-3)10-15-14-7-5-4-6-13(14)8-9-16-2/h4-7,12,15H,8-11H2,1-3H3. The van der Waals surface area contributed by atoms with E-state index in [-0.39, 0.29) is 0 Å². The van der Waals surface area contributed by atoms with Crippen LogP contribution >= 0.6 is 0 Å². The number of hydrogen-bond donors (Lipinski definition) is 1. The number of nitrogens with one attached hydrogen (secondary N) is 1. The molecule has 96 valence electrons. The lowest BCUT2D eigenvalue weighted by atomic mass is 10.1. The van der Waals surface area contributed by atoms with Crippen molar-refractivity contribution in [3.05, 3.63) is 29.8 Å². The first kappa shape index (κ1) is 14.0. The molecular formula is C14H23NO2. The summed E-state index contributed by atoms with van der Waals surface area (Å²) in [6, 6.07) is 8.38. The number of benzene rings is 1. The van der Waals surface area contributed by atoms with Crippen LogP contribution in [0.4, 0.5) is 5.69 Å². The summed E-state index contributed by atoms with van der Waals surface area (Å²) in [6.45, 7) is 4.64. The van der Waals surface area contributed by atoms with E-state index >= 15 is 0 Å². The van der Waals surface area contributed by atoms with E-state index in [1.165, 1.54) is 11.3 Å². The fraction of sp³-hybridized carbons (Fsp3) is 0.571. The molecule has 0 saturated heterocycles. The topological polar surface area (TPSA) is 30.5 Å². The highest BCUT2D eigenvalue weighted by Crippen LogP contribution is 2.16. The molecule has 0 bridgehead atoms. The second kappa shape index (κ2) is 8.09. The lowest BCUT2D eigenvalue weighted by molar-refractivity contribution is 0.164. The molecule has 0 radical (unpaired) electrons. The average Bonchev–Trinajstić information content (AvgIpc) is 2.35. The van der Waals surface area contributed by atoms with Gasteiger partial charge in [-0.1, -0.05) is 25.1 Å².